The minimum atomic E-state index is -3.32. The minimum Gasteiger partial charge on any atom is -0.495 e. The average Bonchev–Trinajstić information content (AvgIpc) is 2.27. The molecule has 0 N–H and O–H groups in total. The van der Waals surface area contributed by atoms with Crippen molar-refractivity contribution in [3.05, 3.63) is 18.5 Å². The molecule has 0 saturated heterocycles. The highest BCUT2D eigenvalue weighted by Crippen LogP contribution is 2.21. The SMILES string of the molecule is COc1cncc(N(C)S(=O)(=O)C(C)C)c1. The van der Waals surface area contributed by atoms with Gasteiger partial charge < -0.3 is 4.74 Å². The second kappa shape index (κ2) is 4.69. The number of aromatic nitrogens is 1. The Labute approximate surface area is 96.1 Å². The minimum absolute atomic E-state index is 0.469. The van der Waals surface area contributed by atoms with Crippen molar-refractivity contribution in [1.29, 1.82) is 0 Å². The number of anilines is 1. The molecule has 0 atom stereocenters. The molecule has 0 spiro atoms. The molecule has 0 fully saturated rings. The maximum Gasteiger partial charge on any atom is 0.237 e. The quantitative estimate of drug-likeness (QED) is 0.800. The third-order valence-electron chi connectivity index (χ3n) is 2.28. The molecule has 1 aromatic rings. The number of ether oxygens (including phenoxy) is 1. The van der Waals surface area contributed by atoms with Gasteiger partial charge in [-0.15, -0.1) is 0 Å². The summed E-state index contributed by atoms with van der Waals surface area (Å²) in [7, 11) is -0.300. The third kappa shape index (κ3) is 2.44. The molecule has 1 aromatic heterocycles. The van der Waals surface area contributed by atoms with Crippen LogP contribution in [0.2, 0.25) is 0 Å². The predicted molar refractivity (Wildman–Crippen MR) is 63.2 cm³/mol. The van der Waals surface area contributed by atoms with E-state index in [1.54, 1.807) is 19.9 Å². The zero-order chi connectivity index (χ0) is 12.3. The van der Waals surface area contributed by atoms with Crippen molar-refractivity contribution in [3.63, 3.8) is 0 Å². The fraction of sp³-hybridized carbons (Fsp3) is 0.500. The number of pyridine rings is 1. The fourth-order valence-corrected chi connectivity index (χ4v) is 2.18. The van der Waals surface area contributed by atoms with E-state index in [0.717, 1.165) is 0 Å². The third-order valence-corrected chi connectivity index (χ3v) is 4.44. The molecule has 16 heavy (non-hydrogen) atoms. The second-order valence-electron chi connectivity index (χ2n) is 3.64. The van der Waals surface area contributed by atoms with Crippen LogP contribution in [0.1, 0.15) is 13.8 Å². The molecule has 0 aliphatic rings. The van der Waals surface area contributed by atoms with Gasteiger partial charge in [-0.05, 0) is 13.8 Å². The number of sulfonamides is 1. The van der Waals surface area contributed by atoms with Gasteiger partial charge in [0.1, 0.15) is 5.75 Å². The summed E-state index contributed by atoms with van der Waals surface area (Å²) in [5, 5.41) is -0.469. The molecule has 5 nitrogen and oxygen atoms in total. The first-order valence-corrected chi connectivity index (χ1v) is 6.36. The summed E-state index contributed by atoms with van der Waals surface area (Å²) in [4.78, 5) is 3.92. The summed E-state index contributed by atoms with van der Waals surface area (Å²) >= 11 is 0. The topological polar surface area (TPSA) is 59.5 Å². The number of hydrogen-bond donors (Lipinski definition) is 0. The van der Waals surface area contributed by atoms with Crippen LogP contribution < -0.4 is 9.04 Å². The summed E-state index contributed by atoms with van der Waals surface area (Å²) in [6.45, 7) is 3.28. The highest BCUT2D eigenvalue weighted by molar-refractivity contribution is 7.93. The molecule has 0 radical (unpaired) electrons. The molecule has 90 valence electrons. The molecule has 0 aliphatic carbocycles. The van der Waals surface area contributed by atoms with E-state index < -0.39 is 15.3 Å². The van der Waals surface area contributed by atoms with E-state index in [0.29, 0.717) is 11.4 Å². The van der Waals surface area contributed by atoms with Gasteiger partial charge in [-0.3, -0.25) is 9.29 Å². The summed E-state index contributed by atoms with van der Waals surface area (Å²) in [6.07, 6.45) is 3.02. The van der Waals surface area contributed by atoms with Crippen LogP contribution in [0.3, 0.4) is 0 Å². The van der Waals surface area contributed by atoms with Crippen molar-refractivity contribution in [2.45, 2.75) is 19.1 Å². The van der Waals surface area contributed by atoms with E-state index in [-0.39, 0.29) is 0 Å². The molecule has 0 bridgehead atoms. The van der Waals surface area contributed by atoms with Gasteiger partial charge in [-0.2, -0.15) is 0 Å². The summed E-state index contributed by atoms with van der Waals surface area (Å²) in [5.74, 6) is 0.531. The van der Waals surface area contributed by atoms with Gasteiger partial charge >= 0.3 is 0 Å². The van der Waals surface area contributed by atoms with E-state index in [1.165, 1.54) is 30.9 Å². The summed E-state index contributed by atoms with van der Waals surface area (Å²) in [5.41, 5.74) is 0.494. The lowest BCUT2D eigenvalue weighted by atomic mass is 10.4. The smallest absolute Gasteiger partial charge is 0.237 e. The standard InChI is InChI=1S/C10H16N2O3S/c1-8(2)16(13,14)12(3)9-5-10(15-4)7-11-6-9/h5-8H,1-4H3. The summed E-state index contributed by atoms with van der Waals surface area (Å²) in [6, 6.07) is 1.63. The molecule has 0 aromatic carbocycles. The van der Waals surface area contributed by atoms with Crippen LogP contribution >= 0.6 is 0 Å². The Balaban J connectivity index is 3.10. The average molecular weight is 244 g/mol. The molecular formula is C10H16N2O3S. The van der Waals surface area contributed by atoms with Gasteiger partial charge in [0, 0.05) is 13.1 Å². The Morgan fingerprint density at radius 1 is 1.38 bits per heavy atom. The predicted octanol–water partition coefficient (Wildman–Crippen LogP) is 1.26. The van der Waals surface area contributed by atoms with Crippen LogP contribution in [0.25, 0.3) is 0 Å². The number of nitrogens with zero attached hydrogens (tertiary/aromatic N) is 2. The Morgan fingerprint density at radius 2 is 2.00 bits per heavy atom. The highest BCUT2D eigenvalue weighted by atomic mass is 32.2. The van der Waals surface area contributed by atoms with Crippen LogP contribution in [0.5, 0.6) is 5.75 Å². The molecule has 0 aliphatic heterocycles. The van der Waals surface area contributed by atoms with Crippen molar-refractivity contribution >= 4 is 15.7 Å². The van der Waals surface area contributed by atoms with Crippen LogP contribution in [0.15, 0.2) is 18.5 Å². The molecule has 1 rings (SSSR count). The van der Waals surface area contributed by atoms with E-state index >= 15 is 0 Å². The monoisotopic (exact) mass is 244 g/mol. The largest absolute Gasteiger partial charge is 0.495 e. The van der Waals surface area contributed by atoms with Crippen LogP contribution in [0, 0.1) is 0 Å². The van der Waals surface area contributed by atoms with E-state index in [1.807, 2.05) is 0 Å². The molecule has 1 heterocycles. The Bertz CT molecular complexity index is 457. The van der Waals surface area contributed by atoms with Gasteiger partial charge in [0.2, 0.25) is 10.0 Å². The van der Waals surface area contributed by atoms with Gasteiger partial charge in [0.15, 0.2) is 0 Å². The Kier molecular flexibility index (Phi) is 3.74. The van der Waals surface area contributed by atoms with Crippen molar-refractivity contribution in [1.82, 2.24) is 4.98 Å². The molecule has 0 unspecified atom stereocenters. The number of rotatable bonds is 4. The normalized spacial score (nSPS) is 11.6. The maximum absolute atomic E-state index is 11.9. The maximum atomic E-state index is 11.9. The lowest BCUT2D eigenvalue weighted by Gasteiger charge is -2.21. The lowest BCUT2D eigenvalue weighted by Crippen LogP contribution is -2.33. The van der Waals surface area contributed by atoms with Gasteiger partial charge in [0.25, 0.3) is 0 Å². The van der Waals surface area contributed by atoms with Crippen molar-refractivity contribution in [2.24, 2.45) is 0 Å². The van der Waals surface area contributed by atoms with Crippen molar-refractivity contribution in [2.75, 3.05) is 18.5 Å². The highest BCUT2D eigenvalue weighted by Gasteiger charge is 2.22. The number of methoxy groups -OCH3 is 1. The zero-order valence-electron chi connectivity index (χ0n) is 9.84. The van der Waals surface area contributed by atoms with Crippen molar-refractivity contribution in [3.8, 4) is 5.75 Å². The number of hydrogen-bond acceptors (Lipinski definition) is 4. The van der Waals surface area contributed by atoms with Gasteiger partial charge in [0.05, 0.1) is 30.4 Å². The molecular weight excluding hydrogens is 228 g/mol. The first-order valence-electron chi connectivity index (χ1n) is 4.86. The van der Waals surface area contributed by atoms with Crippen molar-refractivity contribution < 1.29 is 13.2 Å². The fourth-order valence-electron chi connectivity index (χ4n) is 1.15. The second-order valence-corrected chi connectivity index (χ2v) is 6.16. The van der Waals surface area contributed by atoms with Gasteiger partial charge in [-0.1, -0.05) is 0 Å². The van der Waals surface area contributed by atoms with Gasteiger partial charge in [-0.25, -0.2) is 8.42 Å². The first kappa shape index (κ1) is 12.8. The Hall–Kier alpha value is -1.30. The van der Waals surface area contributed by atoms with E-state index in [9.17, 15) is 8.42 Å². The molecule has 6 heteroatoms. The Morgan fingerprint density at radius 3 is 2.50 bits per heavy atom. The first-order chi connectivity index (χ1) is 7.39. The zero-order valence-corrected chi connectivity index (χ0v) is 10.7. The van der Waals surface area contributed by atoms with E-state index in [2.05, 4.69) is 4.98 Å². The van der Waals surface area contributed by atoms with Crippen LogP contribution in [0.4, 0.5) is 5.69 Å². The van der Waals surface area contributed by atoms with Crippen LogP contribution in [-0.4, -0.2) is 32.8 Å². The van der Waals surface area contributed by atoms with Crippen LogP contribution in [-0.2, 0) is 10.0 Å². The van der Waals surface area contributed by atoms with E-state index in [4.69, 9.17) is 4.74 Å². The lowest BCUT2D eigenvalue weighted by molar-refractivity contribution is 0.413. The molecule has 0 amide bonds. The molecule has 0 saturated carbocycles. The summed E-state index contributed by atoms with van der Waals surface area (Å²) < 4.78 is 30.0.